The average Bonchev–Trinajstić information content (AvgIpc) is 2.13. The molecular formula is C9H10FN3. The third-order valence-corrected chi connectivity index (χ3v) is 1.63. The molecule has 0 aliphatic rings. The van der Waals surface area contributed by atoms with Crippen molar-refractivity contribution in [3.05, 3.63) is 0 Å². The Balaban J connectivity index is 3.53. The van der Waals surface area contributed by atoms with Gasteiger partial charge in [0, 0.05) is 0 Å². The summed E-state index contributed by atoms with van der Waals surface area (Å²) >= 11 is 0. The van der Waals surface area contributed by atoms with E-state index in [2.05, 4.69) is 0 Å². The summed E-state index contributed by atoms with van der Waals surface area (Å²) in [6, 6.07) is 5.35. The van der Waals surface area contributed by atoms with Crippen molar-refractivity contribution in [2.75, 3.05) is 0 Å². The van der Waals surface area contributed by atoms with E-state index < -0.39 is 12.1 Å². The molecule has 0 amide bonds. The van der Waals surface area contributed by atoms with Gasteiger partial charge in [-0.3, -0.25) is 0 Å². The van der Waals surface area contributed by atoms with Crippen LogP contribution in [0.25, 0.3) is 0 Å². The lowest BCUT2D eigenvalue weighted by Gasteiger charge is -2.02. The summed E-state index contributed by atoms with van der Waals surface area (Å²) in [7, 11) is 0. The predicted molar refractivity (Wildman–Crippen MR) is 43.7 cm³/mol. The average molecular weight is 179 g/mol. The SMILES string of the molecule is N#CCC(F)CCCC(C#N)C#N. The van der Waals surface area contributed by atoms with E-state index in [1.807, 2.05) is 12.1 Å². The van der Waals surface area contributed by atoms with E-state index in [0.717, 1.165) is 0 Å². The normalized spacial score (nSPS) is 11.3. The molecule has 0 aromatic heterocycles. The van der Waals surface area contributed by atoms with Gasteiger partial charge >= 0.3 is 0 Å². The van der Waals surface area contributed by atoms with Crippen molar-refractivity contribution in [1.29, 1.82) is 15.8 Å². The molecule has 68 valence electrons. The van der Waals surface area contributed by atoms with Crippen LogP contribution in [0, 0.1) is 39.9 Å². The third-order valence-electron chi connectivity index (χ3n) is 1.63. The Morgan fingerprint density at radius 2 is 1.69 bits per heavy atom. The molecule has 0 fully saturated rings. The molecule has 0 spiro atoms. The van der Waals surface area contributed by atoms with Crippen LogP contribution in [-0.4, -0.2) is 6.17 Å². The molecule has 0 aromatic carbocycles. The molecule has 3 nitrogen and oxygen atoms in total. The van der Waals surface area contributed by atoms with Crippen LogP contribution in [0.1, 0.15) is 25.7 Å². The zero-order chi connectivity index (χ0) is 10.1. The first-order valence-electron chi connectivity index (χ1n) is 4.04. The predicted octanol–water partition coefficient (Wildman–Crippen LogP) is 2.07. The van der Waals surface area contributed by atoms with Crippen LogP contribution in [0.4, 0.5) is 4.39 Å². The first-order valence-corrected chi connectivity index (χ1v) is 4.04. The number of alkyl halides is 1. The van der Waals surface area contributed by atoms with Gasteiger partial charge in [-0.1, -0.05) is 0 Å². The van der Waals surface area contributed by atoms with E-state index in [-0.39, 0.29) is 12.8 Å². The van der Waals surface area contributed by atoms with E-state index in [1.54, 1.807) is 6.07 Å². The Morgan fingerprint density at radius 3 is 2.15 bits per heavy atom. The lowest BCUT2D eigenvalue weighted by molar-refractivity contribution is 0.309. The number of halogens is 1. The van der Waals surface area contributed by atoms with Crippen LogP contribution >= 0.6 is 0 Å². The summed E-state index contributed by atoms with van der Waals surface area (Å²) in [5.41, 5.74) is 0. The Bertz CT molecular complexity index is 242. The Kier molecular flexibility index (Phi) is 6.20. The smallest absolute Gasteiger partial charge is 0.133 e. The van der Waals surface area contributed by atoms with Crippen molar-refractivity contribution in [2.45, 2.75) is 31.9 Å². The number of nitriles is 3. The molecule has 13 heavy (non-hydrogen) atoms. The fourth-order valence-electron chi connectivity index (χ4n) is 0.903. The molecule has 0 saturated heterocycles. The van der Waals surface area contributed by atoms with Gasteiger partial charge in [0.15, 0.2) is 0 Å². The lowest BCUT2D eigenvalue weighted by Crippen LogP contribution is -2.00. The van der Waals surface area contributed by atoms with Crippen LogP contribution in [0.15, 0.2) is 0 Å². The first kappa shape index (κ1) is 11.4. The molecule has 0 aromatic rings. The quantitative estimate of drug-likeness (QED) is 0.648. The highest BCUT2D eigenvalue weighted by atomic mass is 19.1. The van der Waals surface area contributed by atoms with Gasteiger partial charge in [-0.05, 0) is 19.3 Å². The van der Waals surface area contributed by atoms with E-state index in [9.17, 15) is 4.39 Å². The van der Waals surface area contributed by atoms with Crippen molar-refractivity contribution >= 4 is 0 Å². The molecule has 0 rings (SSSR count). The molecule has 0 saturated carbocycles. The summed E-state index contributed by atoms with van der Waals surface area (Å²) in [6.45, 7) is 0. The van der Waals surface area contributed by atoms with Crippen molar-refractivity contribution in [2.24, 2.45) is 5.92 Å². The third kappa shape index (κ3) is 5.65. The van der Waals surface area contributed by atoms with Crippen LogP contribution in [0.3, 0.4) is 0 Å². The summed E-state index contributed by atoms with van der Waals surface area (Å²) in [5, 5.41) is 24.9. The molecule has 0 aliphatic carbocycles. The van der Waals surface area contributed by atoms with Gasteiger partial charge in [-0.15, -0.1) is 0 Å². The number of rotatable bonds is 5. The number of hydrogen-bond donors (Lipinski definition) is 0. The topological polar surface area (TPSA) is 71.4 Å². The largest absolute Gasteiger partial charge is 0.246 e. The highest BCUT2D eigenvalue weighted by Crippen LogP contribution is 2.12. The lowest BCUT2D eigenvalue weighted by atomic mass is 10.0. The number of hydrogen-bond acceptors (Lipinski definition) is 3. The maximum atomic E-state index is 12.7. The van der Waals surface area contributed by atoms with Crippen molar-refractivity contribution in [3.63, 3.8) is 0 Å². The molecule has 1 atom stereocenters. The van der Waals surface area contributed by atoms with Crippen LogP contribution in [-0.2, 0) is 0 Å². The maximum Gasteiger partial charge on any atom is 0.133 e. The van der Waals surface area contributed by atoms with Gasteiger partial charge < -0.3 is 0 Å². The second kappa shape index (κ2) is 7.07. The molecule has 1 unspecified atom stereocenters. The summed E-state index contributed by atoms with van der Waals surface area (Å²) in [6.07, 6.45) is -0.104. The van der Waals surface area contributed by atoms with Gasteiger partial charge in [-0.25, -0.2) is 4.39 Å². The Morgan fingerprint density at radius 1 is 1.08 bits per heavy atom. The van der Waals surface area contributed by atoms with Crippen LogP contribution in [0.5, 0.6) is 0 Å². The van der Waals surface area contributed by atoms with Crippen molar-refractivity contribution < 1.29 is 4.39 Å². The summed E-state index contributed by atoms with van der Waals surface area (Å²) in [4.78, 5) is 0. The summed E-state index contributed by atoms with van der Waals surface area (Å²) < 4.78 is 12.7. The van der Waals surface area contributed by atoms with Gasteiger partial charge in [0.1, 0.15) is 12.1 Å². The zero-order valence-electron chi connectivity index (χ0n) is 7.20. The van der Waals surface area contributed by atoms with Gasteiger partial charge in [0.25, 0.3) is 0 Å². The molecule has 0 N–H and O–H groups in total. The van der Waals surface area contributed by atoms with E-state index in [1.165, 1.54) is 0 Å². The highest BCUT2D eigenvalue weighted by Gasteiger charge is 2.09. The molecule has 4 heteroatoms. The maximum absolute atomic E-state index is 12.7. The van der Waals surface area contributed by atoms with Gasteiger partial charge in [-0.2, -0.15) is 15.8 Å². The summed E-state index contributed by atoms with van der Waals surface area (Å²) in [5.74, 6) is -0.644. The van der Waals surface area contributed by atoms with Crippen LogP contribution in [0.2, 0.25) is 0 Å². The standard InChI is InChI=1S/C9H10FN3/c10-9(4-5-11)3-1-2-8(6-12)7-13/h8-9H,1-4H2. The highest BCUT2D eigenvalue weighted by molar-refractivity contribution is 4.98. The zero-order valence-corrected chi connectivity index (χ0v) is 7.20. The fourth-order valence-corrected chi connectivity index (χ4v) is 0.903. The molecule has 0 radical (unpaired) electrons. The monoisotopic (exact) mass is 179 g/mol. The van der Waals surface area contributed by atoms with Crippen molar-refractivity contribution in [3.8, 4) is 18.2 Å². The van der Waals surface area contributed by atoms with E-state index >= 15 is 0 Å². The van der Waals surface area contributed by atoms with Gasteiger partial charge in [0.2, 0.25) is 0 Å². The minimum Gasteiger partial charge on any atom is -0.246 e. The molecule has 0 aliphatic heterocycles. The molecule has 0 bridgehead atoms. The first-order chi connectivity index (χ1) is 6.24. The minimum atomic E-state index is -1.12. The molecular weight excluding hydrogens is 169 g/mol. The second-order valence-corrected chi connectivity index (χ2v) is 2.70. The molecule has 0 heterocycles. The van der Waals surface area contributed by atoms with Crippen LogP contribution < -0.4 is 0 Å². The van der Waals surface area contributed by atoms with E-state index in [4.69, 9.17) is 15.8 Å². The second-order valence-electron chi connectivity index (χ2n) is 2.70. The Labute approximate surface area is 77.0 Å². The fraction of sp³-hybridized carbons (Fsp3) is 0.667. The minimum absolute atomic E-state index is 0.107. The number of nitrogens with zero attached hydrogens (tertiary/aromatic N) is 3. The van der Waals surface area contributed by atoms with E-state index in [0.29, 0.717) is 12.8 Å². The van der Waals surface area contributed by atoms with Crippen molar-refractivity contribution in [1.82, 2.24) is 0 Å². The Hall–Kier alpha value is -1.60. The van der Waals surface area contributed by atoms with Gasteiger partial charge in [0.05, 0.1) is 24.6 Å².